The average molecular weight is 644 g/mol. The number of rotatable bonds is 6. The molecule has 1 aliphatic heterocycles. The number of hydrogen-bond acceptors (Lipinski definition) is 6. The molecule has 8 nitrogen and oxygen atoms in total. The van der Waals surface area contributed by atoms with E-state index in [1.54, 1.807) is 4.90 Å². The molecule has 3 fully saturated rings. The fourth-order valence-corrected chi connectivity index (χ4v) is 8.70. The van der Waals surface area contributed by atoms with Gasteiger partial charge < -0.3 is 9.30 Å². The third-order valence-corrected chi connectivity index (χ3v) is 11.1. The number of benzene rings is 1. The summed E-state index contributed by atoms with van der Waals surface area (Å²) in [5, 5.41) is 0.734. The Morgan fingerprint density at radius 3 is 2.65 bits per heavy atom. The molecule has 4 atom stereocenters. The Labute approximate surface area is 277 Å². The van der Waals surface area contributed by atoms with Crippen LogP contribution in [0.2, 0.25) is 5.02 Å². The zero-order valence-electron chi connectivity index (χ0n) is 27.0. The number of nitrogens with zero attached hydrogens (tertiary/aromatic N) is 5. The van der Waals surface area contributed by atoms with Gasteiger partial charge in [-0.05, 0) is 106 Å². The molecule has 1 saturated heterocycles. The van der Waals surface area contributed by atoms with Gasteiger partial charge in [0.2, 0.25) is 0 Å². The summed E-state index contributed by atoms with van der Waals surface area (Å²) in [5.41, 5.74) is 5.70. The summed E-state index contributed by atoms with van der Waals surface area (Å²) < 4.78 is 8.26. The van der Waals surface area contributed by atoms with E-state index in [0.717, 1.165) is 87.2 Å². The number of pyridine rings is 1. The van der Waals surface area contributed by atoms with E-state index in [1.165, 1.54) is 23.1 Å². The minimum absolute atomic E-state index is 0.0534. The minimum atomic E-state index is -0.560. The molecular weight excluding hydrogens is 598 g/mol. The Hall–Kier alpha value is -3.23. The van der Waals surface area contributed by atoms with Crippen LogP contribution in [0.4, 0.5) is 4.79 Å². The number of Topliss-reactive ketones (excluding diaryl/α,β-unsaturated/α-hetero) is 1. The van der Waals surface area contributed by atoms with Crippen molar-refractivity contribution in [2.45, 2.75) is 102 Å². The number of carbonyl (C=O) groups excluding carboxylic acids is 2. The number of fused-ring (bicyclic) bond motifs is 2. The van der Waals surface area contributed by atoms with Gasteiger partial charge in [0.05, 0.1) is 23.8 Å². The number of amides is 1. The molecule has 2 saturated carbocycles. The standard InChI is InChI=1S/C37H46ClN5O3/c1-25-21-41(24-40-25)22-26-7-5-8-29(19-26)36(44)33-23-42(17-18-43(33)37(45)46-31-10-3-2-4-11-31)35-32-15-14-30(38)20-28(32)13-12-27-9-6-16-39-34(27)35/h6,9,14-16,20-21,24,26,29,31,33,35H,2-5,7-8,10-13,17-19,22-23H2,1H3/t26?,29?,33-,35+/m1/s1. The van der Waals surface area contributed by atoms with E-state index in [1.807, 2.05) is 31.6 Å². The van der Waals surface area contributed by atoms with Gasteiger partial charge in [-0.1, -0.05) is 36.6 Å². The summed E-state index contributed by atoms with van der Waals surface area (Å²) in [7, 11) is 0. The third-order valence-electron chi connectivity index (χ3n) is 10.8. The first-order chi connectivity index (χ1) is 22.4. The SMILES string of the molecule is Cc1cn(CC2CCCC(C(=O)[C@H]3CN([C@H]4c5ccc(Cl)cc5CCc5cccnc54)CCN3C(=O)OC3CCCCC3)C2)cn1. The van der Waals surface area contributed by atoms with Gasteiger partial charge in [-0.25, -0.2) is 9.78 Å². The topological polar surface area (TPSA) is 80.6 Å². The number of halogens is 1. The first-order valence-corrected chi connectivity index (χ1v) is 17.8. The summed E-state index contributed by atoms with van der Waals surface area (Å²) in [6.45, 7) is 4.43. The van der Waals surface area contributed by atoms with E-state index >= 15 is 0 Å². The predicted octanol–water partition coefficient (Wildman–Crippen LogP) is 6.96. The van der Waals surface area contributed by atoms with E-state index < -0.39 is 6.04 Å². The van der Waals surface area contributed by atoms with Crippen molar-refractivity contribution in [3.63, 3.8) is 0 Å². The molecular formula is C37H46ClN5O3. The van der Waals surface area contributed by atoms with Crippen LogP contribution in [0.5, 0.6) is 0 Å². The van der Waals surface area contributed by atoms with E-state index in [9.17, 15) is 9.59 Å². The molecule has 244 valence electrons. The van der Waals surface area contributed by atoms with Gasteiger partial charge in [-0.15, -0.1) is 0 Å². The second-order valence-electron chi connectivity index (χ2n) is 14.0. The van der Waals surface area contributed by atoms with Crippen molar-refractivity contribution >= 4 is 23.5 Å². The molecule has 9 heteroatoms. The summed E-state index contributed by atoms with van der Waals surface area (Å²) in [4.78, 5) is 42.0. The number of aromatic nitrogens is 3. The van der Waals surface area contributed by atoms with Crippen LogP contribution >= 0.6 is 11.6 Å². The first kappa shape index (κ1) is 31.4. The molecule has 3 aliphatic carbocycles. The second kappa shape index (κ2) is 13.9. The molecule has 0 radical (unpaired) electrons. The van der Waals surface area contributed by atoms with Crippen LogP contribution in [-0.4, -0.2) is 68.0 Å². The lowest BCUT2D eigenvalue weighted by Crippen LogP contribution is -2.60. The maximum Gasteiger partial charge on any atom is 0.410 e. The largest absolute Gasteiger partial charge is 0.446 e. The highest BCUT2D eigenvalue weighted by Crippen LogP contribution is 2.39. The number of imidazole rings is 1. The van der Waals surface area contributed by atoms with E-state index in [0.29, 0.717) is 25.6 Å². The highest BCUT2D eigenvalue weighted by molar-refractivity contribution is 6.30. The normalized spacial score (nSPS) is 25.7. The molecule has 0 bridgehead atoms. The van der Waals surface area contributed by atoms with Crippen LogP contribution < -0.4 is 0 Å². The number of carbonyl (C=O) groups is 2. The van der Waals surface area contributed by atoms with Crippen LogP contribution in [0.3, 0.4) is 0 Å². The van der Waals surface area contributed by atoms with Crippen molar-refractivity contribution in [3.8, 4) is 0 Å². The Bertz CT molecular complexity index is 1550. The van der Waals surface area contributed by atoms with Gasteiger partial charge >= 0.3 is 6.09 Å². The smallest absolute Gasteiger partial charge is 0.410 e. The summed E-state index contributed by atoms with van der Waals surface area (Å²) in [6.07, 6.45) is 16.3. The molecule has 2 unspecified atom stereocenters. The quantitative estimate of drug-likeness (QED) is 0.289. The number of ether oxygens (including phenoxy) is 1. The lowest BCUT2D eigenvalue weighted by molar-refractivity contribution is -0.132. The molecule has 46 heavy (non-hydrogen) atoms. The molecule has 4 aliphatic rings. The minimum Gasteiger partial charge on any atom is -0.446 e. The zero-order valence-corrected chi connectivity index (χ0v) is 27.7. The maximum atomic E-state index is 14.7. The highest BCUT2D eigenvalue weighted by atomic mass is 35.5. The van der Waals surface area contributed by atoms with Crippen molar-refractivity contribution in [1.29, 1.82) is 0 Å². The number of ketones is 1. The van der Waals surface area contributed by atoms with Crippen molar-refractivity contribution in [1.82, 2.24) is 24.3 Å². The molecule has 1 aromatic carbocycles. The number of aryl methyl sites for hydroxylation is 3. The zero-order chi connectivity index (χ0) is 31.6. The first-order valence-electron chi connectivity index (χ1n) is 17.4. The van der Waals surface area contributed by atoms with Crippen molar-refractivity contribution < 1.29 is 14.3 Å². The van der Waals surface area contributed by atoms with Crippen LogP contribution in [0.15, 0.2) is 49.1 Å². The van der Waals surface area contributed by atoms with Gasteiger partial charge in [-0.3, -0.25) is 19.6 Å². The van der Waals surface area contributed by atoms with Crippen LogP contribution in [0, 0.1) is 18.8 Å². The summed E-state index contributed by atoms with van der Waals surface area (Å²) in [6, 6.07) is 9.70. The van der Waals surface area contributed by atoms with Crippen LogP contribution in [-0.2, 0) is 28.9 Å². The maximum absolute atomic E-state index is 14.7. The Morgan fingerprint density at radius 2 is 1.83 bits per heavy atom. The van der Waals surface area contributed by atoms with Crippen LogP contribution in [0.1, 0.15) is 91.9 Å². The fourth-order valence-electron chi connectivity index (χ4n) is 8.50. The molecule has 3 aromatic rings. The molecule has 0 N–H and O–H groups in total. The lowest BCUT2D eigenvalue weighted by atomic mass is 9.77. The Morgan fingerprint density at radius 1 is 0.978 bits per heavy atom. The third kappa shape index (κ3) is 6.75. The molecule has 1 amide bonds. The van der Waals surface area contributed by atoms with Crippen LogP contribution in [0.25, 0.3) is 0 Å². The van der Waals surface area contributed by atoms with Gasteiger partial charge in [0, 0.05) is 49.5 Å². The van der Waals surface area contributed by atoms with Crippen molar-refractivity contribution in [2.24, 2.45) is 11.8 Å². The van der Waals surface area contributed by atoms with Gasteiger partial charge in [0.25, 0.3) is 0 Å². The van der Waals surface area contributed by atoms with E-state index in [-0.39, 0.29) is 29.9 Å². The number of piperazine rings is 1. The molecule has 0 spiro atoms. The van der Waals surface area contributed by atoms with E-state index in [4.69, 9.17) is 21.3 Å². The Kier molecular flexibility index (Phi) is 9.45. The van der Waals surface area contributed by atoms with Crippen molar-refractivity contribution in [2.75, 3.05) is 19.6 Å². The van der Waals surface area contributed by atoms with Gasteiger partial charge in [0.15, 0.2) is 5.78 Å². The lowest BCUT2D eigenvalue weighted by Gasteiger charge is -2.45. The summed E-state index contributed by atoms with van der Waals surface area (Å²) in [5.74, 6) is 0.514. The van der Waals surface area contributed by atoms with Gasteiger partial charge in [-0.2, -0.15) is 0 Å². The molecule has 2 aromatic heterocycles. The average Bonchev–Trinajstić information content (AvgIpc) is 3.41. The molecule has 3 heterocycles. The predicted molar refractivity (Wildman–Crippen MR) is 178 cm³/mol. The monoisotopic (exact) mass is 643 g/mol. The van der Waals surface area contributed by atoms with Gasteiger partial charge in [0.1, 0.15) is 12.1 Å². The Balaban J connectivity index is 1.17. The highest BCUT2D eigenvalue weighted by Gasteiger charge is 2.44. The van der Waals surface area contributed by atoms with E-state index in [2.05, 4.69) is 38.8 Å². The number of hydrogen-bond donors (Lipinski definition) is 0. The van der Waals surface area contributed by atoms with Crippen molar-refractivity contribution in [3.05, 3.63) is 82.2 Å². The second-order valence-corrected chi connectivity index (χ2v) is 14.4. The fraction of sp³-hybridized carbons (Fsp3) is 0.568. The summed E-state index contributed by atoms with van der Waals surface area (Å²) >= 11 is 6.49. The molecule has 7 rings (SSSR count).